The Kier molecular flexibility index (Phi) is 7.13. The first kappa shape index (κ1) is 20.1. The summed E-state index contributed by atoms with van der Waals surface area (Å²) in [5, 5.41) is 3.47. The average molecular weight is 454 g/mol. The van der Waals surface area contributed by atoms with Crippen LogP contribution in [0, 0.1) is 0 Å². The van der Waals surface area contributed by atoms with Crippen LogP contribution in [0.3, 0.4) is 0 Å². The molecule has 27 heavy (non-hydrogen) atoms. The zero-order valence-corrected chi connectivity index (χ0v) is 17.4. The summed E-state index contributed by atoms with van der Waals surface area (Å²) in [4.78, 5) is 15.0. The van der Waals surface area contributed by atoms with Crippen molar-refractivity contribution in [3.8, 4) is 5.75 Å². The molecule has 0 bridgehead atoms. The van der Waals surface area contributed by atoms with E-state index in [2.05, 4.69) is 26.1 Å². The highest BCUT2D eigenvalue weighted by atomic mass is 79.9. The smallest absolute Gasteiger partial charge is 0.252 e. The molecule has 2 aromatic carbocycles. The molecule has 5 nitrogen and oxygen atoms in total. The van der Waals surface area contributed by atoms with E-state index >= 15 is 0 Å². The molecule has 0 unspecified atom stereocenters. The number of carbonyl (C=O) groups excluding carboxylic acids is 1. The number of halogens is 2. The van der Waals surface area contributed by atoms with Crippen molar-refractivity contribution in [1.82, 2.24) is 10.2 Å². The van der Waals surface area contributed by atoms with Crippen LogP contribution in [-0.4, -0.2) is 50.8 Å². The van der Waals surface area contributed by atoms with Crippen LogP contribution in [0.25, 0.3) is 0 Å². The molecule has 1 fully saturated rings. The Bertz CT molecular complexity index is 779. The zero-order chi connectivity index (χ0) is 19.2. The van der Waals surface area contributed by atoms with Crippen LogP contribution in [-0.2, 0) is 4.74 Å². The van der Waals surface area contributed by atoms with Crippen molar-refractivity contribution in [3.63, 3.8) is 0 Å². The maximum atomic E-state index is 12.7. The van der Waals surface area contributed by atoms with E-state index in [9.17, 15) is 4.79 Å². The third-order valence-corrected chi connectivity index (χ3v) is 5.44. The van der Waals surface area contributed by atoms with Crippen molar-refractivity contribution < 1.29 is 14.3 Å². The maximum Gasteiger partial charge on any atom is 0.252 e. The van der Waals surface area contributed by atoms with Crippen LogP contribution in [0.5, 0.6) is 5.75 Å². The van der Waals surface area contributed by atoms with Gasteiger partial charge in [-0.15, -0.1) is 0 Å². The Morgan fingerprint density at radius 2 is 1.96 bits per heavy atom. The summed E-state index contributed by atoms with van der Waals surface area (Å²) in [5.74, 6) is 0.623. The molecule has 1 heterocycles. The fourth-order valence-electron chi connectivity index (χ4n) is 3.13. The van der Waals surface area contributed by atoms with E-state index in [1.807, 2.05) is 30.3 Å². The lowest BCUT2D eigenvalue weighted by molar-refractivity contribution is 0.0162. The molecule has 0 spiro atoms. The summed E-state index contributed by atoms with van der Waals surface area (Å²) >= 11 is 9.57. The van der Waals surface area contributed by atoms with Gasteiger partial charge in [-0.2, -0.15) is 0 Å². The Hall–Kier alpha value is -1.60. The second-order valence-corrected chi connectivity index (χ2v) is 7.59. The third-order valence-electron chi connectivity index (χ3n) is 4.62. The number of methoxy groups -OCH3 is 1. The molecule has 0 saturated carbocycles. The minimum atomic E-state index is -0.187. The number of hydrogen-bond donors (Lipinski definition) is 1. The number of ether oxygens (including phenoxy) is 2. The molecule has 144 valence electrons. The van der Waals surface area contributed by atoms with Crippen molar-refractivity contribution in [1.29, 1.82) is 0 Å². The van der Waals surface area contributed by atoms with Gasteiger partial charge in [-0.1, -0.05) is 39.7 Å². The van der Waals surface area contributed by atoms with Crippen LogP contribution in [0.1, 0.15) is 22.0 Å². The highest BCUT2D eigenvalue weighted by Gasteiger charge is 2.24. The van der Waals surface area contributed by atoms with Gasteiger partial charge in [-0.3, -0.25) is 9.69 Å². The Balaban J connectivity index is 1.76. The van der Waals surface area contributed by atoms with Crippen LogP contribution in [0.2, 0.25) is 5.02 Å². The summed E-state index contributed by atoms with van der Waals surface area (Å²) in [6.07, 6.45) is 0. The molecule has 1 atom stereocenters. The van der Waals surface area contributed by atoms with E-state index in [1.165, 1.54) is 0 Å². The van der Waals surface area contributed by atoms with Gasteiger partial charge in [-0.05, 0) is 35.9 Å². The van der Waals surface area contributed by atoms with Gasteiger partial charge in [0.2, 0.25) is 0 Å². The van der Waals surface area contributed by atoms with Gasteiger partial charge in [-0.25, -0.2) is 0 Å². The molecule has 2 aromatic rings. The lowest BCUT2D eigenvalue weighted by Gasteiger charge is -2.35. The monoisotopic (exact) mass is 452 g/mol. The molecule has 7 heteroatoms. The second kappa shape index (κ2) is 9.55. The Morgan fingerprint density at radius 1 is 1.26 bits per heavy atom. The summed E-state index contributed by atoms with van der Waals surface area (Å²) in [5.41, 5.74) is 1.58. The van der Waals surface area contributed by atoms with Crippen LogP contribution in [0.15, 0.2) is 46.9 Å². The van der Waals surface area contributed by atoms with Crippen LogP contribution in [0.4, 0.5) is 0 Å². The lowest BCUT2D eigenvalue weighted by atomic mass is 10.0. The van der Waals surface area contributed by atoms with Gasteiger partial charge in [0.15, 0.2) is 0 Å². The summed E-state index contributed by atoms with van der Waals surface area (Å²) in [6, 6.07) is 13.3. The van der Waals surface area contributed by atoms with Crippen LogP contribution >= 0.6 is 27.5 Å². The number of morpholine rings is 1. The number of hydrogen-bond acceptors (Lipinski definition) is 4. The van der Waals surface area contributed by atoms with E-state index in [4.69, 9.17) is 21.1 Å². The number of carbonyl (C=O) groups is 1. The van der Waals surface area contributed by atoms with E-state index in [0.717, 1.165) is 28.9 Å². The zero-order valence-electron chi connectivity index (χ0n) is 15.1. The number of nitrogens with zero attached hydrogens (tertiary/aromatic N) is 1. The molecule has 0 aliphatic carbocycles. The number of benzene rings is 2. The van der Waals surface area contributed by atoms with E-state index in [1.54, 1.807) is 19.2 Å². The van der Waals surface area contributed by atoms with Crippen molar-refractivity contribution >= 4 is 33.4 Å². The van der Waals surface area contributed by atoms with E-state index in [0.29, 0.717) is 30.3 Å². The number of amides is 1. The summed E-state index contributed by atoms with van der Waals surface area (Å²) < 4.78 is 11.5. The molecular weight excluding hydrogens is 432 g/mol. The van der Waals surface area contributed by atoms with Crippen molar-refractivity contribution in [2.75, 3.05) is 40.0 Å². The summed E-state index contributed by atoms with van der Waals surface area (Å²) in [6.45, 7) is 3.51. The van der Waals surface area contributed by atoms with Gasteiger partial charge >= 0.3 is 0 Å². The lowest BCUT2D eigenvalue weighted by Crippen LogP contribution is -2.43. The molecule has 1 amide bonds. The normalized spacial score (nSPS) is 16.0. The minimum Gasteiger partial charge on any atom is -0.497 e. The predicted octanol–water partition coefficient (Wildman–Crippen LogP) is 3.91. The molecule has 1 saturated heterocycles. The molecule has 0 aromatic heterocycles. The van der Waals surface area contributed by atoms with E-state index in [-0.39, 0.29) is 11.9 Å². The first-order chi connectivity index (χ1) is 13.1. The standard InChI is InChI=1S/C20H22BrClN2O3/c1-26-16-5-2-14(3-6-16)19(24-8-10-27-11-9-24)13-23-20(25)17-12-15(21)4-7-18(17)22/h2-7,12,19H,8-11,13H2,1H3,(H,23,25)/t19-/m1/s1. The van der Waals surface area contributed by atoms with Crippen molar-refractivity contribution in [2.24, 2.45) is 0 Å². The SMILES string of the molecule is COc1ccc([C@@H](CNC(=O)c2cc(Br)ccc2Cl)N2CCOCC2)cc1. The average Bonchev–Trinajstić information content (AvgIpc) is 2.71. The molecule has 1 N–H and O–H groups in total. The Morgan fingerprint density at radius 3 is 2.63 bits per heavy atom. The number of nitrogens with one attached hydrogen (secondary N) is 1. The van der Waals surface area contributed by atoms with Gasteiger partial charge in [0, 0.05) is 24.1 Å². The van der Waals surface area contributed by atoms with E-state index < -0.39 is 0 Å². The van der Waals surface area contributed by atoms with Crippen molar-refractivity contribution in [2.45, 2.75) is 6.04 Å². The Labute approximate surface area is 172 Å². The molecule has 0 radical (unpaired) electrons. The molecule has 1 aliphatic rings. The second-order valence-electron chi connectivity index (χ2n) is 6.27. The largest absolute Gasteiger partial charge is 0.497 e. The quantitative estimate of drug-likeness (QED) is 0.720. The minimum absolute atomic E-state index is 0.0506. The van der Waals surface area contributed by atoms with Gasteiger partial charge in [0.1, 0.15) is 5.75 Å². The first-order valence-corrected chi connectivity index (χ1v) is 9.94. The number of rotatable bonds is 6. The van der Waals surface area contributed by atoms with Gasteiger partial charge < -0.3 is 14.8 Å². The third kappa shape index (κ3) is 5.23. The molecule has 3 rings (SSSR count). The van der Waals surface area contributed by atoms with Crippen LogP contribution < -0.4 is 10.1 Å². The highest BCUT2D eigenvalue weighted by molar-refractivity contribution is 9.10. The summed E-state index contributed by atoms with van der Waals surface area (Å²) in [7, 11) is 1.65. The molecular formula is C20H22BrClN2O3. The fourth-order valence-corrected chi connectivity index (χ4v) is 3.69. The van der Waals surface area contributed by atoms with Crippen molar-refractivity contribution in [3.05, 3.63) is 63.1 Å². The maximum absolute atomic E-state index is 12.7. The first-order valence-electron chi connectivity index (χ1n) is 8.77. The predicted molar refractivity (Wildman–Crippen MR) is 110 cm³/mol. The van der Waals surface area contributed by atoms with Gasteiger partial charge in [0.05, 0.1) is 37.0 Å². The highest BCUT2D eigenvalue weighted by Crippen LogP contribution is 2.25. The molecule has 1 aliphatic heterocycles. The topological polar surface area (TPSA) is 50.8 Å². The fraction of sp³-hybridized carbons (Fsp3) is 0.350. The van der Waals surface area contributed by atoms with Gasteiger partial charge in [0.25, 0.3) is 5.91 Å².